The number of carbonyl (C=O) groups excluding carboxylic acids is 1. The summed E-state index contributed by atoms with van der Waals surface area (Å²) < 4.78 is 37.6. The van der Waals surface area contributed by atoms with Crippen LogP contribution < -0.4 is 16.0 Å². The summed E-state index contributed by atoms with van der Waals surface area (Å²) in [7, 11) is 0. The van der Waals surface area contributed by atoms with Crippen LogP contribution in [0.3, 0.4) is 0 Å². The van der Waals surface area contributed by atoms with Gasteiger partial charge in [0, 0.05) is 29.0 Å². The van der Waals surface area contributed by atoms with E-state index in [1.165, 1.54) is 12.5 Å². The second kappa shape index (κ2) is 8.00. The van der Waals surface area contributed by atoms with Gasteiger partial charge in [-0.25, -0.2) is 9.78 Å². The largest absolute Gasteiger partial charge is 0.416 e. The van der Waals surface area contributed by atoms with Gasteiger partial charge in [-0.1, -0.05) is 25.2 Å². The summed E-state index contributed by atoms with van der Waals surface area (Å²) in [6.45, 7) is 4.52. The number of nitrogens with one attached hydrogen (secondary N) is 3. The molecular formula is C16H25F3N5O. The van der Waals surface area contributed by atoms with E-state index in [9.17, 15) is 18.0 Å². The summed E-state index contributed by atoms with van der Waals surface area (Å²) in [5.74, 6) is 0.703. The Bertz CT molecular complexity index is 699. The Kier molecular flexibility index (Phi) is 6.00. The lowest BCUT2D eigenvalue weighted by atomic mass is 10.0. The number of hydrogen-bond acceptors (Lipinski definition) is 4. The molecule has 1 aromatic heterocycles. The van der Waals surface area contributed by atoms with Gasteiger partial charge in [0.05, 0.1) is 11.6 Å². The van der Waals surface area contributed by atoms with Crippen molar-refractivity contribution in [3.63, 3.8) is 0 Å². The predicted molar refractivity (Wildman–Crippen MR) is 95.4 cm³/mol. The first-order valence-electron chi connectivity index (χ1n) is 7.75. The van der Waals surface area contributed by atoms with Gasteiger partial charge in [0.1, 0.15) is 5.82 Å². The molecule has 1 aliphatic carbocycles. The van der Waals surface area contributed by atoms with Crippen LogP contribution in [0.5, 0.6) is 0 Å². The number of nitrogens with zero attached hydrogens (tertiary/aromatic N) is 2. The van der Waals surface area contributed by atoms with Crippen molar-refractivity contribution < 1.29 is 22.2 Å². The highest BCUT2D eigenvalue weighted by molar-refractivity contribution is 5.88. The standard InChI is InChI=1S/C16H19F3N5O.3H2/c1-3-8-20-13-9-10(2)21-14(23-13)24-15(25)22-12-6-4-11(5-7-12)16(17,18)19;;;/h4-7,9,12H,3,8H2,1-2H3,(H3,20,21,22,23,24,25);3*1H. The van der Waals surface area contributed by atoms with Crippen LogP contribution in [0.4, 0.5) is 29.7 Å². The third-order valence-electron chi connectivity index (χ3n) is 3.23. The molecule has 0 aliphatic heterocycles. The highest BCUT2D eigenvalue weighted by Gasteiger charge is 2.33. The van der Waals surface area contributed by atoms with Gasteiger partial charge in [-0.15, -0.1) is 0 Å². The van der Waals surface area contributed by atoms with Gasteiger partial charge in [0.15, 0.2) is 0 Å². The maximum atomic E-state index is 12.5. The summed E-state index contributed by atoms with van der Waals surface area (Å²) in [6, 6.07) is 0.496. The number of amides is 2. The van der Waals surface area contributed by atoms with Gasteiger partial charge >= 0.3 is 12.2 Å². The lowest BCUT2D eigenvalue weighted by molar-refractivity contribution is -0.0884. The van der Waals surface area contributed by atoms with Gasteiger partial charge in [0.2, 0.25) is 5.95 Å². The third-order valence-corrected chi connectivity index (χ3v) is 3.23. The summed E-state index contributed by atoms with van der Waals surface area (Å²) in [5, 5.41) is 8.09. The first kappa shape index (κ1) is 18.8. The molecule has 1 aromatic rings. The molecule has 1 radical (unpaired) electrons. The molecule has 0 spiro atoms. The van der Waals surface area contributed by atoms with Crippen molar-refractivity contribution in [1.82, 2.24) is 15.3 Å². The van der Waals surface area contributed by atoms with Crippen LogP contribution in [0, 0.1) is 13.3 Å². The molecule has 0 aromatic carbocycles. The first-order valence-corrected chi connectivity index (χ1v) is 7.75. The van der Waals surface area contributed by atoms with E-state index in [4.69, 9.17) is 0 Å². The average Bonchev–Trinajstić information content (AvgIpc) is 2.52. The van der Waals surface area contributed by atoms with Crippen molar-refractivity contribution in [2.75, 3.05) is 17.2 Å². The summed E-state index contributed by atoms with van der Waals surface area (Å²) in [6.07, 6.45) is 0.893. The van der Waals surface area contributed by atoms with Crippen LogP contribution in [0.1, 0.15) is 23.3 Å². The molecule has 1 heterocycles. The predicted octanol–water partition coefficient (Wildman–Crippen LogP) is 4.10. The maximum Gasteiger partial charge on any atom is 0.416 e. The van der Waals surface area contributed by atoms with Gasteiger partial charge < -0.3 is 10.6 Å². The van der Waals surface area contributed by atoms with E-state index >= 15 is 0 Å². The number of allylic oxidation sites excluding steroid dienone is 2. The molecule has 0 saturated heterocycles. The number of carbonyl (C=O) groups is 1. The zero-order valence-corrected chi connectivity index (χ0v) is 13.8. The molecule has 9 heteroatoms. The number of aryl methyl sites for hydroxylation is 1. The topological polar surface area (TPSA) is 78.9 Å². The number of rotatable bonds is 5. The Labute approximate surface area is 148 Å². The van der Waals surface area contributed by atoms with Crippen LogP contribution >= 0.6 is 0 Å². The van der Waals surface area contributed by atoms with E-state index < -0.39 is 23.8 Å². The SMILES string of the molecule is CCCNc1cc(C)nc(NC(=O)NC2[CH]C=C(C(F)(F)F)C=C2)n1.[HH].[HH].[HH]. The molecule has 0 saturated carbocycles. The molecule has 2 rings (SSSR count). The minimum atomic E-state index is -4.41. The molecule has 25 heavy (non-hydrogen) atoms. The summed E-state index contributed by atoms with van der Waals surface area (Å²) in [4.78, 5) is 20.2. The number of anilines is 2. The molecule has 3 N–H and O–H groups in total. The second-order valence-corrected chi connectivity index (χ2v) is 5.44. The number of urea groups is 1. The van der Waals surface area contributed by atoms with Crippen molar-refractivity contribution in [2.45, 2.75) is 32.5 Å². The monoisotopic (exact) mass is 360 g/mol. The minimum Gasteiger partial charge on any atom is -0.370 e. The van der Waals surface area contributed by atoms with E-state index in [1.807, 2.05) is 6.92 Å². The van der Waals surface area contributed by atoms with Gasteiger partial charge in [0.25, 0.3) is 0 Å². The molecule has 2 amide bonds. The van der Waals surface area contributed by atoms with Crippen LogP contribution in [-0.4, -0.2) is 34.8 Å². The highest BCUT2D eigenvalue weighted by Crippen LogP contribution is 2.29. The van der Waals surface area contributed by atoms with Crippen molar-refractivity contribution in [3.05, 3.63) is 42.0 Å². The van der Waals surface area contributed by atoms with Crippen LogP contribution in [0.25, 0.3) is 0 Å². The van der Waals surface area contributed by atoms with Crippen LogP contribution in [0.2, 0.25) is 0 Å². The number of alkyl halides is 3. The average molecular weight is 360 g/mol. The Morgan fingerprint density at radius 2 is 2.12 bits per heavy atom. The Morgan fingerprint density at radius 1 is 1.36 bits per heavy atom. The maximum absolute atomic E-state index is 12.5. The molecule has 0 bridgehead atoms. The molecule has 141 valence electrons. The first-order chi connectivity index (χ1) is 11.8. The smallest absolute Gasteiger partial charge is 0.370 e. The van der Waals surface area contributed by atoms with Crippen molar-refractivity contribution >= 4 is 17.8 Å². The lowest BCUT2D eigenvalue weighted by Crippen LogP contribution is -2.38. The van der Waals surface area contributed by atoms with Crippen LogP contribution in [0.15, 0.2) is 29.9 Å². The zero-order valence-electron chi connectivity index (χ0n) is 13.8. The van der Waals surface area contributed by atoms with Crippen molar-refractivity contribution in [2.24, 2.45) is 0 Å². The number of halogens is 3. The molecular weight excluding hydrogens is 335 g/mol. The van der Waals surface area contributed by atoms with Crippen LogP contribution in [-0.2, 0) is 0 Å². The second-order valence-electron chi connectivity index (χ2n) is 5.44. The number of hydrogen-bond donors (Lipinski definition) is 3. The van der Waals surface area contributed by atoms with Crippen molar-refractivity contribution in [3.8, 4) is 0 Å². The minimum absolute atomic E-state index is 0. The Balaban J connectivity index is 0. The van der Waals surface area contributed by atoms with E-state index in [0.29, 0.717) is 11.5 Å². The van der Waals surface area contributed by atoms with Gasteiger partial charge in [-0.3, -0.25) is 5.32 Å². The van der Waals surface area contributed by atoms with Gasteiger partial charge in [-0.05, 0) is 13.3 Å². The van der Waals surface area contributed by atoms with E-state index in [2.05, 4.69) is 25.9 Å². The van der Waals surface area contributed by atoms with E-state index in [0.717, 1.165) is 25.1 Å². The van der Waals surface area contributed by atoms with Crippen molar-refractivity contribution in [1.29, 1.82) is 0 Å². The van der Waals surface area contributed by atoms with E-state index in [1.54, 1.807) is 13.0 Å². The third kappa shape index (κ3) is 5.77. The highest BCUT2D eigenvalue weighted by atomic mass is 19.4. The molecule has 1 aliphatic rings. The molecule has 1 unspecified atom stereocenters. The summed E-state index contributed by atoms with van der Waals surface area (Å²) in [5.41, 5.74) is -0.0922. The fraction of sp³-hybridized carbons (Fsp3) is 0.375. The quantitative estimate of drug-likeness (QED) is 0.739. The Morgan fingerprint density at radius 3 is 2.72 bits per heavy atom. The fourth-order valence-corrected chi connectivity index (χ4v) is 2.08. The lowest BCUT2D eigenvalue weighted by Gasteiger charge is -2.18. The molecule has 1 atom stereocenters. The van der Waals surface area contributed by atoms with Gasteiger partial charge in [-0.2, -0.15) is 18.2 Å². The Hall–Kier alpha value is -2.58. The fourth-order valence-electron chi connectivity index (χ4n) is 2.08. The summed E-state index contributed by atoms with van der Waals surface area (Å²) >= 11 is 0. The molecule has 6 nitrogen and oxygen atoms in total. The zero-order chi connectivity index (χ0) is 18.4. The molecule has 0 fully saturated rings. The number of aromatic nitrogens is 2. The van der Waals surface area contributed by atoms with E-state index in [-0.39, 0.29) is 10.2 Å². The normalized spacial score (nSPS) is 17.0.